The van der Waals surface area contributed by atoms with E-state index in [1.54, 1.807) is 0 Å². The molecule has 0 atom stereocenters. The number of aromatic carboxylic acids is 1. The average Bonchev–Trinajstić information content (AvgIpc) is 2.27. The zero-order valence-electron chi connectivity index (χ0n) is 9.46. The Morgan fingerprint density at radius 3 is 2.42 bits per heavy atom. The number of carboxylic acid groups (broad SMARTS) is 2. The lowest BCUT2D eigenvalue weighted by atomic mass is 10.2. The largest absolute Gasteiger partial charge is 0.481 e. The molecule has 0 radical (unpaired) electrons. The van der Waals surface area contributed by atoms with Gasteiger partial charge in [-0.25, -0.2) is 17.9 Å². The number of hydrogen-bond acceptors (Lipinski definition) is 4. The molecular weight excluding hydrogens is 298 g/mol. The predicted octanol–water partition coefficient (Wildman–Crippen LogP) is 0.791. The molecule has 0 aromatic heterocycles. The first-order chi connectivity index (χ1) is 8.74. The first kappa shape index (κ1) is 15.4. The average molecular weight is 308 g/mol. The van der Waals surface area contributed by atoms with Crippen molar-refractivity contribution in [2.75, 3.05) is 6.54 Å². The van der Waals surface area contributed by atoms with Gasteiger partial charge in [-0.2, -0.15) is 0 Å². The zero-order chi connectivity index (χ0) is 14.6. The van der Waals surface area contributed by atoms with Crippen molar-refractivity contribution in [3.8, 4) is 0 Å². The summed E-state index contributed by atoms with van der Waals surface area (Å²) in [6, 6.07) is 3.20. The van der Waals surface area contributed by atoms with E-state index < -0.39 is 22.0 Å². The first-order valence-corrected chi connectivity index (χ1v) is 6.84. The number of sulfonamides is 1. The molecule has 0 saturated carbocycles. The Labute approximate surface area is 113 Å². The van der Waals surface area contributed by atoms with E-state index in [0.717, 1.165) is 18.2 Å². The Hall–Kier alpha value is -1.64. The minimum atomic E-state index is -3.96. The van der Waals surface area contributed by atoms with E-state index in [1.165, 1.54) is 0 Å². The van der Waals surface area contributed by atoms with E-state index in [9.17, 15) is 18.0 Å². The Morgan fingerprint density at radius 1 is 1.26 bits per heavy atom. The summed E-state index contributed by atoms with van der Waals surface area (Å²) in [7, 11) is -3.96. The number of hydrogen-bond donors (Lipinski definition) is 3. The minimum absolute atomic E-state index is 0.0861. The monoisotopic (exact) mass is 307 g/mol. The number of carbonyl (C=O) groups is 2. The van der Waals surface area contributed by atoms with Gasteiger partial charge in [0.2, 0.25) is 10.0 Å². The van der Waals surface area contributed by atoms with Crippen molar-refractivity contribution in [3.63, 3.8) is 0 Å². The summed E-state index contributed by atoms with van der Waals surface area (Å²) in [5.41, 5.74) is -0.345. The molecule has 0 heterocycles. The molecule has 0 amide bonds. The predicted molar refractivity (Wildman–Crippen MR) is 65.9 cm³/mol. The maximum atomic E-state index is 11.8. The highest BCUT2D eigenvalue weighted by Gasteiger charge is 2.18. The van der Waals surface area contributed by atoms with E-state index in [-0.39, 0.29) is 28.4 Å². The van der Waals surface area contributed by atoms with Crippen molar-refractivity contribution < 1.29 is 28.2 Å². The van der Waals surface area contributed by atoms with E-state index >= 15 is 0 Å². The quantitative estimate of drug-likeness (QED) is 0.714. The van der Waals surface area contributed by atoms with Gasteiger partial charge >= 0.3 is 11.9 Å². The lowest BCUT2D eigenvalue weighted by Gasteiger charge is -2.07. The minimum Gasteiger partial charge on any atom is -0.481 e. The van der Waals surface area contributed by atoms with Crippen molar-refractivity contribution in [3.05, 3.63) is 28.8 Å². The highest BCUT2D eigenvalue weighted by Crippen LogP contribution is 2.20. The van der Waals surface area contributed by atoms with Crippen LogP contribution in [-0.4, -0.2) is 37.1 Å². The summed E-state index contributed by atoms with van der Waals surface area (Å²) >= 11 is 5.61. The Balaban J connectivity index is 2.99. The van der Waals surface area contributed by atoms with Gasteiger partial charge in [-0.3, -0.25) is 4.79 Å². The number of aliphatic carboxylic acids is 1. The molecule has 0 spiro atoms. The van der Waals surface area contributed by atoms with Gasteiger partial charge in [-0.15, -0.1) is 0 Å². The standard InChI is InChI=1S/C10H10ClNO6S/c11-8-2-1-6(5-7(8)10(15)16)19(17,18)12-4-3-9(13)14/h1-2,5,12H,3-4H2,(H,13,14)(H,15,16). The molecule has 9 heteroatoms. The van der Waals surface area contributed by atoms with Crippen LogP contribution in [-0.2, 0) is 14.8 Å². The van der Waals surface area contributed by atoms with Gasteiger partial charge < -0.3 is 10.2 Å². The summed E-state index contributed by atoms with van der Waals surface area (Å²) in [4.78, 5) is 20.8. The van der Waals surface area contributed by atoms with Gasteiger partial charge in [0.25, 0.3) is 0 Å². The van der Waals surface area contributed by atoms with Crippen molar-refractivity contribution in [1.82, 2.24) is 4.72 Å². The van der Waals surface area contributed by atoms with Crippen molar-refractivity contribution in [2.45, 2.75) is 11.3 Å². The number of carboxylic acids is 2. The third kappa shape index (κ3) is 4.19. The Morgan fingerprint density at radius 2 is 1.89 bits per heavy atom. The molecule has 7 nitrogen and oxygen atoms in total. The van der Waals surface area contributed by atoms with Crippen LogP contribution in [0.4, 0.5) is 0 Å². The lowest BCUT2D eigenvalue weighted by molar-refractivity contribution is -0.136. The van der Waals surface area contributed by atoms with E-state index in [0.29, 0.717) is 0 Å². The Bertz CT molecular complexity index is 612. The van der Waals surface area contributed by atoms with E-state index in [4.69, 9.17) is 21.8 Å². The molecule has 0 saturated heterocycles. The fourth-order valence-corrected chi connectivity index (χ4v) is 2.47. The van der Waals surface area contributed by atoms with Gasteiger partial charge in [-0.05, 0) is 18.2 Å². The number of rotatable bonds is 6. The summed E-state index contributed by atoms with van der Waals surface area (Å²) < 4.78 is 25.6. The third-order valence-corrected chi connectivity index (χ3v) is 3.90. The summed E-state index contributed by atoms with van der Waals surface area (Å²) in [5.74, 6) is -2.50. The summed E-state index contributed by atoms with van der Waals surface area (Å²) in [5, 5.41) is 17.1. The lowest BCUT2D eigenvalue weighted by Crippen LogP contribution is -2.26. The second kappa shape index (κ2) is 6.00. The van der Waals surface area contributed by atoms with Crippen LogP contribution in [0, 0.1) is 0 Å². The van der Waals surface area contributed by atoms with Crippen LogP contribution >= 0.6 is 11.6 Å². The molecule has 0 aliphatic carbocycles. The molecule has 1 rings (SSSR count). The molecule has 0 unspecified atom stereocenters. The van der Waals surface area contributed by atoms with Crippen LogP contribution in [0.1, 0.15) is 16.8 Å². The molecule has 0 bridgehead atoms. The maximum absolute atomic E-state index is 11.8. The first-order valence-electron chi connectivity index (χ1n) is 4.98. The van der Waals surface area contributed by atoms with E-state index in [1.807, 2.05) is 4.72 Å². The number of benzene rings is 1. The second-order valence-electron chi connectivity index (χ2n) is 3.49. The maximum Gasteiger partial charge on any atom is 0.337 e. The second-order valence-corrected chi connectivity index (χ2v) is 5.66. The highest BCUT2D eigenvalue weighted by atomic mass is 35.5. The van der Waals surface area contributed by atoms with Crippen LogP contribution in [0.15, 0.2) is 23.1 Å². The highest BCUT2D eigenvalue weighted by molar-refractivity contribution is 7.89. The van der Waals surface area contributed by atoms with Crippen molar-refractivity contribution in [2.24, 2.45) is 0 Å². The normalized spacial score (nSPS) is 11.2. The fourth-order valence-electron chi connectivity index (χ4n) is 1.21. The van der Waals surface area contributed by atoms with Crippen LogP contribution in [0.5, 0.6) is 0 Å². The molecule has 3 N–H and O–H groups in total. The SMILES string of the molecule is O=C(O)CCNS(=O)(=O)c1ccc(Cl)c(C(=O)O)c1. The third-order valence-electron chi connectivity index (χ3n) is 2.11. The molecule has 0 aliphatic rings. The molecule has 1 aromatic rings. The fraction of sp³-hybridized carbons (Fsp3) is 0.200. The van der Waals surface area contributed by atoms with Crippen LogP contribution in [0.3, 0.4) is 0 Å². The van der Waals surface area contributed by atoms with Crippen molar-refractivity contribution >= 4 is 33.6 Å². The summed E-state index contributed by atoms with van der Waals surface area (Å²) in [6.07, 6.45) is -0.376. The van der Waals surface area contributed by atoms with Gasteiger partial charge in [0.15, 0.2) is 0 Å². The zero-order valence-corrected chi connectivity index (χ0v) is 11.0. The topological polar surface area (TPSA) is 121 Å². The van der Waals surface area contributed by atoms with Gasteiger partial charge in [0.1, 0.15) is 0 Å². The number of halogens is 1. The van der Waals surface area contributed by atoms with Crippen LogP contribution < -0.4 is 4.72 Å². The molecule has 0 aliphatic heterocycles. The van der Waals surface area contributed by atoms with E-state index in [2.05, 4.69) is 0 Å². The Kier molecular flexibility index (Phi) is 4.87. The van der Waals surface area contributed by atoms with Crippen LogP contribution in [0.25, 0.3) is 0 Å². The smallest absolute Gasteiger partial charge is 0.337 e. The molecule has 19 heavy (non-hydrogen) atoms. The van der Waals surface area contributed by atoms with Gasteiger partial charge in [0.05, 0.1) is 21.9 Å². The molecule has 1 aromatic carbocycles. The summed E-state index contributed by atoms with van der Waals surface area (Å²) in [6.45, 7) is -0.289. The molecule has 0 fully saturated rings. The number of nitrogens with one attached hydrogen (secondary N) is 1. The molecule has 104 valence electrons. The van der Waals surface area contributed by atoms with Crippen LogP contribution in [0.2, 0.25) is 5.02 Å². The van der Waals surface area contributed by atoms with Gasteiger partial charge in [0, 0.05) is 6.54 Å². The molecular formula is C10H10ClNO6S. The van der Waals surface area contributed by atoms with Gasteiger partial charge in [-0.1, -0.05) is 11.6 Å². The van der Waals surface area contributed by atoms with Crippen molar-refractivity contribution in [1.29, 1.82) is 0 Å².